The first-order valence-electron chi connectivity index (χ1n) is 7.13. The average Bonchev–Trinajstić information content (AvgIpc) is 3.03. The normalized spacial score (nSPS) is 18.7. The zero-order valence-electron chi connectivity index (χ0n) is 11.6. The molecule has 1 aromatic rings. The third kappa shape index (κ3) is 3.21. The molecule has 2 N–H and O–H groups in total. The van der Waals surface area contributed by atoms with Crippen molar-refractivity contribution in [2.75, 3.05) is 11.9 Å². The van der Waals surface area contributed by atoms with E-state index >= 15 is 0 Å². The fourth-order valence-electron chi connectivity index (χ4n) is 2.64. The third-order valence-corrected chi connectivity index (χ3v) is 3.83. The van der Waals surface area contributed by atoms with Crippen molar-refractivity contribution in [3.63, 3.8) is 0 Å². The number of hydrogen-bond donors (Lipinski definition) is 2. The Morgan fingerprint density at radius 1 is 1.24 bits per heavy atom. The van der Waals surface area contributed by atoms with E-state index in [9.17, 15) is 9.59 Å². The topological polar surface area (TPSA) is 79.8 Å². The van der Waals surface area contributed by atoms with E-state index in [1.807, 2.05) is 24.3 Å². The highest BCUT2D eigenvalue weighted by atomic mass is 16.6. The highest BCUT2D eigenvalue weighted by Gasteiger charge is 2.22. The summed E-state index contributed by atoms with van der Waals surface area (Å²) in [5.74, 6) is 0.252. The lowest BCUT2D eigenvalue weighted by Crippen LogP contribution is -2.30. The van der Waals surface area contributed by atoms with Gasteiger partial charge in [0.2, 0.25) is 5.91 Å². The van der Waals surface area contributed by atoms with E-state index in [1.165, 1.54) is 0 Å². The van der Waals surface area contributed by atoms with Gasteiger partial charge in [-0.25, -0.2) is 10.2 Å². The summed E-state index contributed by atoms with van der Waals surface area (Å²) in [7, 11) is 0. The van der Waals surface area contributed by atoms with Gasteiger partial charge in [-0.05, 0) is 25.0 Å². The zero-order valence-corrected chi connectivity index (χ0v) is 11.6. The first-order chi connectivity index (χ1) is 10.2. The molecule has 0 bridgehead atoms. The van der Waals surface area contributed by atoms with Gasteiger partial charge in [-0.15, -0.1) is 0 Å². The van der Waals surface area contributed by atoms with Crippen LogP contribution in [0, 0.1) is 5.92 Å². The molecular weight excluding hydrogens is 270 g/mol. The molecule has 6 nitrogen and oxygen atoms in total. The van der Waals surface area contributed by atoms with Gasteiger partial charge in [-0.2, -0.15) is 5.10 Å². The maximum absolute atomic E-state index is 12.0. The van der Waals surface area contributed by atoms with Crippen molar-refractivity contribution in [1.29, 1.82) is 0 Å². The van der Waals surface area contributed by atoms with Gasteiger partial charge in [0.05, 0.1) is 0 Å². The number of nitrogens with zero attached hydrogens (tertiary/aromatic N) is 1. The number of cyclic esters (lactones) is 1. The summed E-state index contributed by atoms with van der Waals surface area (Å²) < 4.78 is 4.86. The third-order valence-electron chi connectivity index (χ3n) is 3.83. The molecular formula is C15H17N3O3. The minimum absolute atomic E-state index is 0.103. The van der Waals surface area contributed by atoms with Gasteiger partial charge in [0.25, 0.3) is 0 Å². The van der Waals surface area contributed by atoms with Gasteiger partial charge >= 0.3 is 6.09 Å². The molecule has 2 amide bonds. The molecule has 0 spiro atoms. The quantitative estimate of drug-likeness (QED) is 0.895. The van der Waals surface area contributed by atoms with Crippen LogP contribution in [0.4, 0.5) is 10.5 Å². The summed E-state index contributed by atoms with van der Waals surface area (Å²) in [5.41, 5.74) is 4.56. The van der Waals surface area contributed by atoms with Crippen molar-refractivity contribution < 1.29 is 14.3 Å². The second kappa shape index (κ2) is 5.95. The minimum Gasteiger partial charge on any atom is -0.442 e. The largest absolute Gasteiger partial charge is 0.442 e. The van der Waals surface area contributed by atoms with E-state index in [0.29, 0.717) is 5.71 Å². The Hall–Kier alpha value is -2.37. The molecule has 0 unspecified atom stereocenters. The minimum atomic E-state index is -0.542. The van der Waals surface area contributed by atoms with Crippen molar-refractivity contribution in [3.8, 4) is 0 Å². The van der Waals surface area contributed by atoms with Crippen molar-refractivity contribution in [3.05, 3.63) is 29.8 Å². The fraction of sp³-hybridized carbons (Fsp3) is 0.400. The summed E-state index contributed by atoms with van der Waals surface area (Å²) >= 11 is 0. The second-order valence-electron chi connectivity index (χ2n) is 5.29. The first kappa shape index (κ1) is 13.6. The van der Waals surface area contributed by atoms with Crippen LogP contribution in [-0.4, -0.2) is 24.3 Å². The van der Waals surface area contributed by atoms with Crippen LogP contribution >= 0.6 is 0 Å². The molecule has 1 heterocycles. The number of hydrazone groups is 1. The number of benzene rings is 1. The monoisotopic (exact) mass is 287 g/mol. The number of carbonyl (C=O) groups is 2. The molecule has 110 valence electrons. The molecule has 1 aromatic carbocycles. The van der Waals surface area contributed by atoms with Gasteiger partial charge in [0, 0.05) is 17.2 Å². The summed E-state index contributed by atoms with van der Waals surface area (Å²) in [6.07, 6.45) is 3.71. The fourth-order valence-corrected chi connectivity index (χ4v) is 2.64. The Bertz CT molecular complexity index is 574. The van der Waals surface area contributed by atoms with E-state index < -0.39 is 6.09 Å². The lowest BCUT2D eigenvalue weighted by atomic mass is 10.1. The number of anilines is 1. The number of ether oxygens (including phenoxy) is 1. The van der Waals surface area contributed by atoms with Crippen molar-refractivity contribution in [1.82, 2.24) is 5.43 Å². The van der Waals surface area contributed by atoms with Crippen LogP contribution in [0.5, 0.6) is 0 Å². The lowest BCUT2D eigenvalue weighted by molar-refractivity contribution is -0.119. The van der Waals surface area contributed by atoms with E-state index in [0.717, 1.165) is 36.9 Å². The van der Waals surface area contributed by atoms with Gasteiger partial charge in [-0.1, -0.05) is 25.0 Å². The van der Waals surface area contributed by atoms with Crippen molar-refractivity contribution in [2.24, 2.45) is 11.0 Å². The van der Waals surface area contributed by atoms with Gasteiger partial charge in [0.1, 0.15) is 12.3 Å². The molecule has 1 fully saturated rings. The predicted molar refractivity (Wildman–Crippen MR) is 78.1 cm³/mol. The van der Waals surface area contributed by atoms with Crippen molar-refractivity contribution in [2.45, 2.75) is 25.7 Å². The molecule has 3 rings (SSSR count). The molecule has 0 atom stereocenters. The lowest BCUT2D eigenvalue weighted by Gasteiger charge is -2.14. The van der Waals surface area contributed by atoms with E-state index in [1.54, 1.807) is 0 Å². The smallest absolute Gasteiger partial charge is 0.428 e. The summed E-state index contributed by atoms with van der Waals surface area (Å²) in [4.78, 5) is 22.9. The molecule has 1 saturated carbocycles. The van der Waals surface area contributed by atoms with Gasteiger partial charge in [0.15, 0.2) is 0 Å². The Morgan fingerprint density at radius 2 is 1.95 bits per heavy atom. The number of nitrogens with one attached hydrogen (secondary N) is 2. The Morgan fingerprint density at radius 3 is 2.57 bits per heavy atom. The first-order valence-corrected chi connectivity index (χ1v) is 7.13. The van der Waals surface area contributed by atoms with E-state index in [-0.39, 0.29) is 18.4 Å². The van der Waals surface area contributed by atoms with E-state index in [4.69, 9.17) is 4.74 Å². The van der Waals surface area contributed by atoms with Crippen LogP contribution in [0.3, 0.4) is 0 Å². The Kier molecular flexibility index (Phi) is 3.85. The van der Waals surface area contributed by atoms with Crippen LogP contribution in [0.15, 0.2) is 29.4 Å². The predicted octanol–water partition coefficient (Wildman–Crippen LogP) is 2.26. The second-order valence-corrected chi connectivity index (χ2v) is 5.29. The molecule has 1 aliphatic heterocycles. The van der Waals surface area contributed by atoms with Crippen molar-refractivity contribution >= 4 is 23.4 Å². The summed E-state index contributed by atoms with van der Waals surface area (Å²) in [6.45, 7) is 0.152. The average molecular weight is 287 g/mol. The summed E-state index contributed by atoms with van der Waals surface area (Å²) in [5, 5.41) is 6.88. The highest BCUT2D eigenvalue weighted by Crippen LogP contribution is 2.26. The molecule has 0 radical (unpaired) electrons. The van der Waals surface area contributed by atoms with Crippen LogP contribution in [-0.2, 0) is 9.53 Å². The molecule has 21 heavy (non-hydrogen) atoms. The summed E-state index contributed by atoms with van der Waals surface area (Å²) in [6, 6.07) is 7.37. The highest BCUT2D eigenvalue weighted by molar-refractivity contribution is 6.04. The maximum atomic E-state index is 12.0. The molecule has 0 saturated heterocycles. The Labute approximate surface area is 122 Å². The van der Waals surface area contributed by atoms with Crippen LogP contribution in [0.25, 0.3) is 0 Å². The molecule has 2 aliphatic rings. The van der Waals surface area contributed by atoms with Crippen LogP contribution in [0.1, 0.15) is 31.2 Å². The Balaban J connectivity index is 1.64. The number of amides is 2. The molecule has 0 aromatic heterocycles. The SMILES string of the molecule is O=C1NN=C(c2ccc(NC(=O)C3CCCC3)cc2)CO1. The number of hydrogen-bond acceptors (Lipinski definition) is 4. The van der Waals surface area contributed by atoms with Gasteiger partial charge in [-0.3, -0.25) is 4.79 Å². The van der Waals surface area contributed by atoms with Crippen LogP contribution in [0.2, 0.25) is 0 Å². The standard InChI is InChI=1S/C15H17N3O3/c19-14(11-3-1-2-4-11)16-12-7-5-10(6-8-12)13-9-21-15(20)18-17-13/h5-8,11H,1-4,9H2,(H,16,19)(H,18,20). The maximum Gasteiger partial charge on any atom is 0.428 e. The van der Waals surface area contributed by atoms with Crippen LogP contribution < -0.4 is 10.7 Å². The molecule has 1 aliphatic carbocycles. The zero-order chi connectivity index (χ0) is 14.7. The number of rotatable bonds is 3. The number of carbonyl (C=O) groups excluding carboxylic acids is 2. The molecule has 6 heteroatoms. The van der Waals surface area contributed by atoms with Gasteiger partial charge < -0.3 is 10.1 Å². The van der Waals surface area contributed by atoms with E-state index in [2.05, 4.69) is 15.8 Å².